The summed E-state index contributed by atoms with van der Waals surface area (Å²) >= 11 is 7.16. The molecule has 5 rings (SSSR count). The first-order valence-corrected chi connectivity index (χ1v) is 19.1. The van der Waals surface area contributed by atoms with Crippen LogP contribution in [0.2, 0.25) is 0 Å². The minimum absolute atomic E-state index is 0.0155. The van der Waals surface area contributed by atoms with Crippen molar-refractivity contribution in [2.24, 2.45) is 0 Å². The van der Waals surface area contributed by atoms with E-state index in [0.717, 1.165) is 47.6 Å². The van der Waals surface area contributed by atoms with Gasteiger partial charge in [0.1, 0.15) is 6.54 Å². The molecule has 3 saturated heterocycles. The van der Waals surface area contributed by atoms with Gasteiger partial charge in [0.25, 0.3) is 11.8 Å². The number of hydrogen-bond acceptors (Lipinski definition) is 10. The van der Waals surface area contributed by atoms with Crippen LogP contribution in [0.4, 0.5) is 10.5 Å². The number of carbonyl (C=O) groups is 8. The first-order valence-electron chi connectivity index (χ1n) is 17.7. The van der Waals surface area contributed by atoms with Gasteiger partial charge in [0.2, 0.25) is 29.5 Å². The monoisotopic (exact) mass is 784 g/mol. The van der Waals surface area contributed by atoms with Crippen LogP contribution in [0.3, 0.4) is 0 Å². The summed E-state index contributed by atoms with van der Waals surface area (Å²) in [6.45, 7) is 0.172. The number of rotatable bonds is 16. The summed E-state index contributed by atoms with van der Waals surface area (Å²) in [6, 6.07) is 7.62. The van der Waals surface area contributed by atoms with Gasteiger partial charge in [-0.2, -0.15) is 11.8 Å². The Morgan fingerprint density at radius 2 is 1.39 bits per heavy atom. The Labute approximate surface area is 321 Å². The highest BCUT2D eigenvalue weighted by molar-refractivity contribution is 8.00. The summed E-state index contributed by atoms with van der Waals surface area (Å²) in [4.78, 5) is 100. The Kier molecular flexibility index (Phi) is 14.2. The van der Waals surface area contributed by atoms with Gasteiger partial charge in [-0.25, -0.2) is 4.79 Å². The van der Waals surface area contributed by atoms with Crippen LogP contribution in [0.15, 0.2) is 36.4 Å². The number of imide groups is 1. The van der Waals surface area contributed by atoms with Crippen LogP contribution in [-0.4, -0.2) is 143 Å². The van der Waals surface area contributed by atoms with Gasteiger partial charge < -0.3 is 47.0 Å². The van der Waals surface area contributed by atoms with Crippen LogP contribution in [0, 0.1) is 0 Å². The predicted octanol–water partition coefficient (Wildman–Crippen LogP) is -1.86. The Hall–Kier alpha value is -5.24. The van der Waals surface area contributed by atoms with E-state index in [2.05, 4.69) is 37.2 Å². The number of thiocarbonyl (C=S) groups is 1. The van der Waals surface area contributed by atoms with Crippen LogP contribution in [-0.2, 0) is 40.1 Å². The molecular weight excluding hydrogens is 741 g/mol. The number of amides is 9. The number of nitrogens with one attached hydrogen (secondary N) is 7. The van der Waals surface area contributed by atoms with E-state index in [1.807, 2.05) is 23.9 Å². The molecule has 0 spiro atoms. The number of unbranched alkanes of at least 4 members (excludes halogenated alkanes) is 1. The van der Waals surface area contributed by atoms with E-state index >= 15 is 0 Å². The van der Waals surface area contributed by atoms with Gasteiger partial charge in [0.05, 0.1) is 31.7 Å². The lowest BCUT2D eigenvalue weighted by Crippen LogP contribution is -2.54. The largest absolute Gasteiger partial charge is 0.353 e. The minimum atomic E-state index is -0.645. The standard InChI is InChI=1S/C34H44N10O8S2/c45-25(4-2-1-3-24-32-23(20-54-24)40-33(52)41-32)35-15-21-5-7-22(8-6-21)39-34(53)38-16-26(46)36-17-30(50)42-11-13-43(14-12-42)31(51)18-37-27(47)19-44-28(48)9-10-29(44)49/h5-10,23-24,32H,1-4,11-20H2,(H,35,45)(H,36,46)(H,37,47)(H2,38,39,53)(H2,40,41,52)/t23-,24-,32-/m0/s1. The third-order valence-electron chi connectivity index (χ3n) is 9.25. The molecule has 3 fully saturated rings. The summed E-state index contributed by atoms with van der Waals surface area (Å²) in [5, 5.41) is 20.2. The molecule has 4 aliphatic heterocycles. The second-order valence-corrected chi connectivity index (χ2v) is 14.7. The number of nitrogens with zero attached hydrogens (tertiary/aromatic N) is 3. The normalized spacial score (nSPS) is 20.2. The van der Waals surface area contributed by atoms with Crippen molar-refractivity contribution in [3.63, 3.8) is 0 Å². The summed E-state index contributed by atoms with van der Waals surface area (Å²) < 4.78 is 0. The number of thioether (sulfide) groups is 1. The molecule has 0 aromatic heterocycles. The maximum absolute atomic E-state index is 12.6. The molecule has 1 aromatic carbocycles. The van der Waals surface area contributed by atoms with Crippen LogP contribution in [0.25, 0.3) is 0 Å². The SMILES string of the molecule is O=C(CCCC[C@@H]1SC[C@@H]2NC(=O)N[C@@H]21)NCc1ccc(NC(=S)NCC(=O)NCC(=O)N2CCN(C(=O)CNC(=O)CN3C(=O)C=CC3=O)CC2)cc1. The fourth-order valence-corrected chi connectivity index (χ4v) is 7.96. The molecule has 0 unspecified atom stereocenters. The average molecular weight is 785 g/mol. The number of piperazine rings is 1. The van der Waals surface area contributed by atoms with Crippen molar-refractivity contribution < 1.29 is 38.4 Å². The topological polar surface area (TPSA) is 230 Å². The lowest BCUT2D eigenvalue weighted by atomic mass is 10.0. The quantitative estimate of drug-likeness (QED) is 0.0424. The molecular formula is C34H44N10O8S2. The highest BCUT2D eigenvalue weighted by Gasteiger charge is 2.42. The van der Waals surface area contributed by atoms with E-state index in [1.54, 1.807) is 12.1 Å². The van der Waals surface area contributed by atoms with E-state index in [9.17, 15) is 38.4 Å². The summed E-state index contributed by atoms with van der Waals surface area (Å²) in [5.41, 5.74) is 1.60. The summed E-state index contributed by atoms with van der Waals surface area (Å²) in [5.74, 6) is -2.05. The van der Waals surface area contributed by atoms with Gasteiger partial charge in [0, 0.05) is 68.0 Å². The molecule has 0 aliphatic carbocycles. The molecule has 7 N–H and O–H groups in total. The highest BCUT2D eigenvalue weighted by Crippen LogP contribution is 2.33. The van der Waals surface area contributed by atoms with Crippen LogP contribution < -0.4 is 37.2 Å². The van der Waals surface area contributed by atoms with Gasteiger partial charge in [-0.3, -0.25) is 38.5 Å². The van der Waals surface area contributed by atoms with Gasteiger partial charge in [-0.05, 0) is 42.8 Å². The van der Waals surface area contributed by atoms with E-state index in [0.29, 0.717) is 23.9 Å². The number of fused-ring (bicyclic) bond motifs is 1. The zero-order chi connectivity index (χ0) is 38.6. The molecule has 1 aromatic rings. The number of benzene rings is 1. The Balaban J connectivity index is 0.879. The van der Waals surface area contributed by atoms with Crippen molar-refractivity contribution in [2.45, 2.75) is 49.6 Å². The van der Waals surface area contributed by atoms with E-state index in [1.165, 1.54) is 9.80 Å². The summed E-state index contributed by atoms with van der Waals surface area (Å²) in [7, 11) is 0. The van der Waals surface area contributed by atoms with Gasteiger partial charge in [-0.15, -0.1) is 0 Å². The Morgan fingerprint density at radius 3 is 2.04 bits per heavy atom. The second-order valence-electron chi connectivity index (χ2n) is 13.1. The predicted molar refractivity (Wildman–Crippen MR) is 202 cm³/mol. The molecule has 9 amide bonds. The molecule has 4 aliphatic rings. The highest BCUT2D eigenvalue weighted by atomic mass is 32.2. The first kappa shape index (κ1) is 40.0. The van der Waals surface area contributed by atoms with Gasteiger partial charge in [0.15, 0.2) is 5.11 Å². The maximum atomic E-state index is 12.6. The maximum Gasteiger partial charge on any atom is 0.315 e. The van der Waals surface area contributed by atoms with Crippen molar-refractivity contribution in [1.82, 2.24) is 46.6 Å². The lowest BCUT2D eigenvalue weighted by molar-refractivity contribution is -0.142. The van der Waals surface area contributed by atoms with Crippen LogP contribution in [0.1, 0.15) is 31.2 Å². The zero-order valence-electron chi connectivity index (χ0n) is 29.5. The average Bonchev–Trinajstić information content (AvgIpc) is 3.83. The molecule has 0 radical (unpaired) electrons. The molecule has 54 heavy (non-hydrogen) atoms. The van der Waals surface area contributed by atoms with E-state index in [-0.39, 0.29) is 86.8 Å². The molecule has 290 valence electrons. The van der Waals surface area contributed by atoms with E-state index < -0.39 is 30.2 Å². The Morgan fingerprint density at radius 1 is 0.759 bits per heavy atom. The third-order valence-corrected chi connectivity index (χ3v) is 11.0. The van der Waals surface area contributed by atoms with Gasteiger partial charge >= 0.3 is 6.03 Å². The fraction of sp³-hybridized carbons (Fsp3) is 0.500. The number of urea groups is 1. The van der Waals surface area contributed by atoms with Crippen molar-refractivity contribution in [1.29, 1.82) is 0 Å². The minimum Gasteiger partial charge on any atom is -0.353 e. The third kappa shape index (κ3) is 11.6. The molecule has 3 atom stereocenters. The first-order chi connectivity index (χ1) is 25.9. The van der Waals surface area contributed by atoms with E-state index in [4.69, 9.17) is 12.2 Å². The van der Waals surface area contributed by atoms with Crippen LogP contribution >= 0.6 is 24.0 Å². The second kappa shape index (κ2) is 19.2. The van der Waals surface area contributed by atoms with Crippen molar-refractivity contribution in [2.75, 3.05) is 63.4 Å². The number of anilines is 1. The van der Waals surface area contributed by atoms with Crippen LogP contribution in [0.5, 0.6) is 0 Å². The molecule has 20 heteroatoms. The summed E-state index contributed by atoms with van der Waals surface area (Å²) in [6.07, 6.45) is 5.25. The van der Waals surface area contributed by atoms with Crippen molar-refractivity contribution >= 4 is 82.2 Å². The molecule has 18 nitrogen and oxygen atoms in total. The van der Waals surface area contributed by atoms with Crippen molar-refractivity contribution in [3.05, 3.63) is 42.0 Å². The molecule has 0 saturated carbocycles. The molecule has 4 heterocycles. The number of hydrogen-bond donors (Lipinski definition) is 7. The number of carbonyl (C=O) groups excluding carboxylic acids is 8. The zero-order valence-corrected chi connectivity index (χ0v) is 31.2. The fourth-order valence-electron chi connectivity index (χ4n) is 6.23. The smallest absolute Gasteiger partial charge is 0.315 e. The lowest BCUT2D eigenvalue weighted by Gasteiger charge is -2.35. The molecule has 0 bridgehead atoms. The van der Waals surface area contributed by atoms with Gasteiger partial charge in [-0.1, -0.05) is 18.6 Å². The Bertz CT molecular complexity index is 1650. The van der Waals surface area contributed by atoms with Crippen molar-refractivity contribution in [3.8, 4) is 0 Å².